The van der Waals surface area contributed by atoms with Gasteiger partial charge in [0.1, 0.15) is 11.5 Å². The first-order valence-electron chi connectivity index (χ1n) is 7.67. The molecule has 4 rings (SSSR count). The van der Waals surface area contributed by atoms with Crippen molar-refractivity contribution in [1.29, 1.82) is 0 Å². The van der Waals surface area contributed by atoms with E-state index in [1.807, 2.05) is 35.0 Å². The lowest BCUT2D eigenvalue weighted by molar-refractivity contribution is 0.666. The summed E-state index contributed by atoms with van der Waals surface area (Å²) in [5, 5.41) is 6.93. The van der Waals surface area contributed by atoms with Crippen molar-refractivity contribution < 1.29 is 0 Å². The highest BCUT2D eigenvalue weighted by Gasteiger charge is 2.13. The van der Waals surface area contributed by atoms with Gasteiger partial charge in [-0.15, -0.1) is 0 Å². The quantitative estimate of drug-likeness (QED) is 0.587. The number of hydrogen-bond donors (Lipinski definition) is 1. The Morgan fingerprint density at radius 3 is 2.92 bits per heavy atom. The molecule has 0 unspecified atom stereocenters. The van der Waals surface area contributed by atoms with E-state index in [9.17, 15) is 0 Å². The monoisotopic (exact) mass is 317 g/mol. The van der Waals surface area contributed by atoms with E-state index in [4.69, 9.17) is 11.6 Å². The number of rotatable bonds is 4. The van der Waals surface area contributed by atoms with Gasteiger partial charge in [0.25, 0.3) is 0 Å². The van der Waals surface area contributed by atoms with E-state index in [2.05, 4.69) is 31.5 Å². The SMILES string of the molecule is [C-]#[N+]c1ccc2c(c1)nc(Cn1ccnc1-c1ccn[nH]1)n2CC. The minimum atomic E-state index is 0.601. The number of nitrogens with zero attached hydrogens (tertiary/aromatic N) is 6. The second-order valence-corrected chi connectivity index (χ2v) is 5.41. The van der Waals surface area contributed by atoms with Gasteiger partial charge >= 0.3 is 0 Å². The van der Waals surface area contributed by atoms with Crippen molar-refractivity contribution in [2.24, 2.45) is 0 Å². The van der Waals surface area contributed by atoms with Gasteiger partial charge in [-0.25, -0.2) is 14.8 Å². The zero-order valence-corrected chi connectivity index (χ0v) is 13.1. The largest absolute Gasteiger partial charge is 0.327 e. The molecule has 0 aliphatic rings. The van der Waals surface area contributed by atoms with Crippen LogP contribution in [0, 0.1) is 6.57 Å². The number of aromatic amines is 1. The van der Waals surface area contributed by atoms with E-state index in [0.29, 0.717) is 12.2 Å². The van der Waals surface area contributed by atoms with Crippen LogP contribution >= 0.6 is 0 Å². The number of nitrogens with one attached hydrogen (secondary N) is 1. The standard InChI is InChI=1S/C17H15N7/c1-3-24-15-5-4-12(18-2)10-14(15)21-16(24)11-23-9-8-19-17(23)13-6-7-20-22-13/h4-10H,3,11H2,1H3,(H,20,22). The van der Waals surface area contributed by atoms with Crippen LogP contribution in [-0.2, 0) is 13.1 Å². The molecule has 0 bridgehead atoms. The molecule has 0 aliphatic heterocycles. The summed E-state index contributed by atoms with van der Waals surface area (Å²) in [6.07, 6.45) is 5.41. The van der Waals surface area contributed by atoms with E-state index in [1.54, 1.807) is 12.4 Å². The summed E-state index contributed by atoms with van der Waals surface area (Å²) in [5.41, 5.74) is 3.37. The smallest absolute Gasteiger partial charge is 0.189 e. The second-order valence-electron chi connectivity index (χ2n) is 5.41. The number of imidazole rings is 2. The molecule has 24 heavy (non-hydrogen) atoms. The molecule has 0 atom stereocenters. The van der Waals surface area contributed by atoms with E-state index in [0.717, 1.165) is 34.9 Å². The van der Waals surface area contributed by atoms with Crippen molar-refractivity contribution in [3.8, 4) is 11.5 Å². The molecule has 3 heterocycles. The van der Waals surface area contributed by atoms with Gasteiger partial charge in [0, 0.05) is 25.1 Å². The third kappa shape index (κ3) is 2.25. The number of aromatic nitrogens is 6. The van der Waals surface area contributed by atoms with E-state index in [-0.39, 0.29) is 0 Å². The summed E-state index contributed by atoms with van der Waals surface area (Å²) in [6.45, 7) is 10.7. The second kappa shape index (κ2) is 5.66. The lowest BCUT2D eigenvalue weighted by Crippen LogP contribution is -2.08. The van der Waals surface area contributed by atoms with E-state index in [1.165, 1.54) is 0 Å². The van der Waals surface area contributed by atoms with Gasteiger partial charge < -0.3 is 9.13 Å². The molecule has 118 valence electrons. The lowest BCUT2D eigenvalue weighted by atomic mass is 10.3. The Morgan fingerprint density at radius 2 is 2.17 bits per heavy atom. The van der Waals surface area contributed by atoms with Crippen molar-refractivity contribution in [3.05, 3.63) is 60.1 Å². The van der Waals surface area contributed by atoms with Crippen LogP contribution in [0.3, 0.4) is 0 Å². The molecule has 0 saturated heterocycles. The topological polar surface area (TPSA) is 68.7 Å². The zero-order chi connectivity index (χ0) is 16.5. The minimum absolute atomic E-state index is 0.601. The summed E-state index contributed by atoms with van der Waals surface area (Å²) < 4.78 is 4.20. The highest BCUT2D eigenvalue weighted by Crippen LogP contribution is 2.23. The van der Waals surface area contributed by atoms with Gasteiger partial charge in [-0.05, 0) is 25.1 Å². The first kappa shape index (κ1) is 14.2. The van der Waals surface area contributed by atoms with Crippen LogP contribution in [-0.4, -0.2) is 29.3 Å². The first-order chi connectivity index (χ1) is 11.8. The lowest BCUT2D eigenvalue weighted by Gasteiger charge is -2.09. The maximum absolute atomic E-state index is 7.16. The van der Waals surface area contributed by atoms with Crippen molar-refractivity contribution in [3.63, 3.8) is 0 Å². The number of fused-ring (bicyclic) bond motifs is 1. The Hall–Kier alpha value is -3.40. The van der Waals surface area contributed by atoms with Crippen molar-refractivity contribution in [2.45, 2.75) is 20.0 Å². The van der Waals surface area contributed by atoms with Crippen LogP contribution < -0.4 is 0 Å². The molecule has 0 radical (unpaired) electrons. The van der Waals surface area contributed by atoms with Gasteiger partial charge in [-0.1, -0.05) is 6.07 Å². The van der Waals surface area contributed by atoms with Crippen LogP contribution in [0.5, 0.6) is 0 Å². The molecule has 0 spiro atoms. The Kier molecular flexibility index (Phi) is 3.35. The summed E-state index contributed by atoms with van der Waals surface area (Å²) in [6, 6.07) is 7.53. The fourth-order valence-electron chi connectivity index (χ4n) is 2.92. The molecule has 0 fully saturated rings. The molecule has 1 N–H and O–H groups in total. The van der Waals surface area contributed by atoms with Crippen LogP contribution in [0.15, 0.2) is 42.9 Å². The predicted octanol–water partition coefficient (Wildman–Crippen LogP) is 3.24. The van der Waals surface area contributed by atoms with Crippen molar-refractivity contribution >= 4 is 16.7 Å². The molecule has 7 nitrogen and oxygen atoms in total. The summed E-state index contributed by atoms with van der Waals surface area (Å²) in [4.78, 5) is 12.6. The fourth-order valence-corrected chi connectivity index (χ4v) is 2.92. The van der Waals surface area contributed by atoms with Crippen LogP contribution in [0.2, 0.25) is 0 Å². The molecular formula is C17H15N7. The molecule has 0 aliphatic carbocycles. The maximum atomic E-state index is 7.16. The predicted molar refractivity (Wildman–Crippen MR) is 90.6 cm³/mol. The molecular weight excluding hydrogens is 302 g/mol. The van der Waals surface area contributed by atoms with Gasteiger partial charge in [-0.3, -0.25) is 5.10 Å². The number of aryl methyl sites for hydroxylation is 1. The average Bonchev–Trinajstić information content (AvgIpc) is 3.33. The molecule has 7 heteroatoms. The zero-order valence-electron chi connectivity index (χ0n) is 13.1. The Bertz CT molecular complexity index is 1030. The summed E-state index contributed by atoms with van der Waals surface area (Å²) in [5.74, 6) is 1.76. The average molecular weight is 317 g/mol. The summed E-state index contributed by atoms with van der Waals surface area (Å²) >= 11 is 0. The van der Waals surface area contributed by atoms with Gasteiger partial charge in [-0.2, -0.15) is 5.10 Å². The van der Waals surface area contributed by atoms with Crippen molar-refractivity contribution in [1.82, 2.24) is 29.3 Å². The van der Waals surface area contributed by atoms with Gasteiger partial charge in [0.15, 0.2) is 11.5 Å². The van der Waals surface area contributed by atoms with Crippen molar-refractivity contribution in [2.75, 3.05) is 0 Å². The number of H-pyrrole nitrogens is 1. The van der Waals surface area contributed by atoms with Gasteiger partial charge in [0.05, 0.1) is 24.2 Å². The van der Waals surface area contributed by atoms with Crippen LogP contribution in [0.25, 0.3) is 27.4 Å². The first-order valence-corrected chi connectivity index (χ1v) is 7.67. The Balaban J connectivity index is 1.78. The Morgan fingerprint density at radius 1 is 1.25 bits per heavy atom. The van der Waals surface area contributed by atoms with E-state index >= 15 is 0 Å². The third-order valence-electron chi connectivity index (χ3n) is 4.03. The molecule has 3 aromatic heterocycles. The number of benzene rings is 1. The molecule has 1 aromatic carbocycles. The van der Waals surface area contributed by atoms with Crippen LogP contribution in [0.1, 0.15) is 12.7 Å². The minimum Gasteiger partial charge on any atom is -0.327 e. The van der Waals surface area contributed by atoms with E-state index < -0.39 is 0 Å². The normalized spacial score (nSPS) is 11.0. The highest BCUT2D eigenvalue weighted by molar-refractivity contribution is 5.80. The van der Waals surface area contributed by atoms with Gasteiger partial charge in [0.2, 0.25) is 0 Å². The Labute approximate surface area is 138 Å². The molecule has 4 aromatic rings. The highest BCUT2D eigenvalue weighted by atomic mass is 15.2. The third-order valence-corrected chi connectivity index (χ3v) is 4.03. The fraction of sp³-hybridized carbons (Fsp3) is 0.176. The maximum Gasteiger partial charge on any atom is 0.189 e. The number of hydrogen-bond acceptors (Lipinski definition) is 3. The molecule has 0 saturated carbocycles. The van der Waals surface area contributed by atoms with Crippen LogP contribution in [0.4, 0.5) is 5.69 Å². The summed E-state index contributed by atoms with van der Waals surface area (Å²) in [7, 11) is 0. The molecule has 0 amide bonds.